The SMILES string of the molecule is Cc1ccc(Cl)cc1NC(=O)C1CCN(c2ccc(-n3cccn3)nn2)CC1. The first-order valence-corrected chi connectivity index (χ1v) is 9.63. The monoisotopic (exact) mass is 396 g/mol. The van der Waals surface area contributed by atoms with Crippen LogP contribution in [0.2, 0.25) is 5.02 Å². The lowest BCUT2D eigenvalue weighted by Gasteiger charge is -2.32. The van der Waals surface area contributed by atoms with E-state index in [4.69, 9.17) is 11.6 Å². The minimum absolute atomic E-state index is 0.0223. The van der Waals surface area contributed by atoms with E-state index in [0.717, 1.165) is 43.0 Å². The summed E-state index contributed by atoms with van der Waals surface area (Å²) in [6, 6.07) is 11.2. The Morgan fingerprint density at radius 2 is 1.89 bits per heavy atom. The molecule has 0 radical (unpaired) electrons. The molecule has 1 aromatic carbocycles. The summed E-state index contributed by atoms with van der Waals surface area (Å²) >= 11 is 6.04. The Morgan fingerprint density at radius 1 is 1.14 bits per heavy atom. The smallest absolute Gasteiger partial charge is 0.227 e. The molecule has 144 valence electrons. The molecule has 2 aromatic heterocycles. The van der Waals surface area contributed by atoms with E-state index in [1.807, 2.05) is 43.5 Å². The van der Waals surface area contributed by atoms with Gasteiger partial charge in [0.15, 0.2) is 11.6 Å². The lowest BCUT2D eigenvalue weighted by Crippen LogP contribution is -2.38. The van der Waals surface area contributed by atoms with Crippen molar-refractivity contribution in [1.82, 2.24) is 20.0 Å². The second kappa shape index (κ2) is 7.98. The normalized spacial score (nSPS) is 14.9. The van der Waals surface area contributed by atoms with Crippen molar-refractivity contribution in [3.05, 3.63) is 59.4 Å². The Hall–Kier alpha value is -2.93. The number of nitrogens with zero attached hydrogens (tertiary/aromatic N) is 5. The van der Waals surface area contributed by atoms with Gasteiger partial charge in [0.05, 0.1) is 0 Å². The predicted molar refractivity (Wildman–Crippen MR) is 109 cm³/mol. The topological polar surface area (TPSA) is 75.9 Å². The van der Waals surface area contributed by atoms with E-state index in [1.165, 1.54) is 0 Å². The van der Waals surface area contributed by atoms with Crippen molar-refractivity contribution in [1.29, 1.82) is 0 Å². The van der Waals surface area contributed by atoms with Crippen molar-refractivity contribution in [2.45, 2.75) is 19.8 Å². The van der Waals surface area contributed by atoms with Crippen molar-refractivity contribution in [2.75, 3.05) is 23.3 Å². The van der Waals surface area contributed by atoms with Crippen LogP contribution in [0.1, 0.15) is 18.4 Å². The maximum absolute atomic E-state index is 12.6. The number of piperidine rings is 1. The second-order valence-electron chi connectivity index (χ2n) is 6.91. The molecule has 7 nitrogen and oxygen atoms in total. The van der Waals surface area contributed by atoms with Crippen molar-refractivity contribution < 1.29 is 4.79 Å². The average molecular weight is 397 g/mol. The Balaban J connectivity index is 1.35. The van der Waals surface area contributed by atoms with Crippen LogP contribution in [0.4, 0.5) is 11.5 Å². The zero-order valence-corrected chi connectivity index (χ0v) is 16.3. The fourth-order valence-electron chi connectivity index (χ4n) is 3.35. The van der Waals surface area contributed by atoms with E-state index in [1.54, 1.807) is 16.9 Å². The van der Waals surface area contributed by atoms with E-state index < -0.39 is 0 Å². The number of carbonyl (C=O) groups is 1. The van der Waals surface area contributed by atoms with Crippen LogP contribution >= 0.6 is 11.6 Å². The van der Waals surface area contributed by atoms with Gasteiger partial charge in [0, 0.05) is 42.1 Å². The fraction of sp³-hybridized carbons (Fsp3) is 0.300. The maximum Gasteiger partial charge on any atom is 0.227 e. The number of hydrogen-bond donors (Lipinski definition) is 1. The third kappa shape index (κ3) is 3.99. The standard InChI is InChI=1S/C20H21ClN6O/c1-14-3-4-16(21)13-17(14)23-20(28)15-7-11-26(12-8-15)18-5-6-19(25-24-18)27-10-2-9-22-27/h2-6,9-10,13,15H,7-8,11-12H2,1H3,(H,23,28). The number of carbonyl (C=O) groups excluding carboxylic acids is 1. The van der Waals surface area contributed by atoms with E-state index in [2.05, 4.69) is 25.5 Å². The molecule has 0 unspecified atom stereocenters. The molecule has 1 aliphatic rings. The molecule has 8 heteroatoms. The molecule has 3 aromatic rings. The molecule has 1 saturated heterocycles. The molecule has 0 saturated carbocycles. The second-order valence-corrected chi connectivity index (χ2v) is 7.35. The summed E-state index contributed by atoms with van der Waals surface area (Å²) in [7, 11) is 0. The maximum atomic E-state index is 12.6. The van der Waals surface area contributed by atoms with Crippen LogP contribution in [0.15, 0.2) is 48.8 Å². The van der Waals surface area contributed by atoms with Gasteiger partial charge in [-0.3, -0.25) is 4.79 Å². The quantitative estimate of drug-likeness (QED) is 0.730. The molecule has 3 heterocycles. The first-order valence-electron chi connectivity index (χ1n) is 9.26. The van der Waals surface area contributed by atoms with Crippen LogP contribution in [0.5, 0.6) is 0 Å². The van der Waals surface area contributed by atoms with Gasteiger partial charge in [-0.15, -0.1) is 10.2 Å². The zero-order valence-electron chi connectivity index (χ0n) is 15.5. The number of nitrogens with one attached hydrogen (secondary N) is 1. The van der Waals surface area contributed by atoms with Crippen LogP contribution in [0.3, 0.4) is 0 Å². The third-order valence-electron chi connectivity index (χ3n) is 5.02. The fourth-order valence-corrected chi connectivity index (χ4v) is 3.52. The highest BCUT2D eigenvalue weighted by molar-refractivity contribution is 6.31. The first kappa shape index (κ1) is 18.4. The van der Waals surface area contributed by atoms with Gasteiger partial charge in [0.2, 0.25) is 5.91 Å². The highest BCUT2D eigenvalue weighted by Gasteiger charge is 2.26. The van der Waals surface area contributed by atoms with Crippen molar-refractivity contribution in [3.63, 3.8) is 0 Å². The number of rotatable bonds is 4. The molecular weight excluding hydrogens is 376 g/mol. The lowest BCUT2D eigenvalue weighted by molar-refractivity contribution is -0.120. The summed E-state index contributed by atoms with van der Waals surface area (Å²) in [5.41, 5.74) is 1.78. The van der Waals surface area contributed by atoms with Crippen LogP contribution < -0.4 is 10.2 Å². The van der Waals surface area contributed by atoms with E-state index in [9.17, 15) is 4.79 Å². The van der Waals surface area contributed by atoms with Gasteiger partial charge in [-0.05, 0) is 55.7 Å². The molecule has 0 bridgehead atoms. The molecule has 4 rings (SSSR count). The van der Waals surface area contributed by atoms with Gasteiger partial charge in [-0.25, -0.2) is 4.68 Å². The Morgan fingerprint density at radius 3 is 2.57 bits per heavy atom. The molecule has 1 N–H and O–H groups in total. The largest absolute Gasteiger partial charge is 0.355 e. The first-order chi connectivity index (χ1) is 13.6. The Labute approximate surface area is 168 Å². The molecule has 0 aliphatic carbocycles. The van der Waals surface area contributed by atoms with Gasteiger partial charge in [-0.1, -0.05) is 17.7 Å². The number of aromatic nitrogens is 4. The van der Waals surface area contributed by atoms with Gasteiger partial charge < -0.3 is 10.2 Å². The molecule has 0 atom stereocenters. The van der Waals surface area contributed by atoms with E-state index in [0.29, 0.717) is 10.8 Å². The van der Waals surface area contributed by atoms with E-state index >= 15 is 0 Å². The Kier molecular flexibility index (Phi) is 5.25. The number of amides is 1. The summed E-state index contributed by atoms with van der Waals surface area (Å²) < 4.78 is 1.67. The molecule has 1 aliphatic heterocycles. The van der Waals surface area contributed by atoms with Gasteiger partial charge in [-0.2, -0.15) is 5.10 Å². The summed E-state index contributed by atoms with van der Waals surface area (Å²) in [4.78, 5) is 14.8. The summed E-state index contributed by atoms with van der Waals surface area (Å²) in [5, 5.41) is 16.3. The number of anilines is 2. The number of benzene rings is 1. The van der Waals surface area contributed by atoms with Gasteiger partial charge in [0.1, 0.15) is 0 Å². The minimum atomic E-state index is -0.0223. The molecular formula is C20H21ClN6O. The van der Waals surface area contributed by atoms with Crippen LogP contribution in [0.25, 0.3) is 5.82 Å². The predicted octanol–water partition coefficient (Wildman–Crippen LogP) is 3.48. The molecule has 0 spiro atoms. The van der Waals surface area contributed by atoms with Gasteiger partial charge in [0.25, 0.3) is 0 Å². The third-order valence-corrected chi connectivity index (χ3v) is 5.26. The average Bonchev–Trinajstić information content (AvgIpc) is 3.26. The van der Waals surface area contributed by atoms with Crippen molar-refractivity contribution >= 4 is 29.0 Å². The van der Waals surface area contributed by atoms with Crippen LogP contribution in [-0.2, 0) is 4.79 Å². The summed E-state index contributed by atoms with van der Waals surface area (Å²) in [6.45, 7) is 3.49. The molecule has 1 amide bonds. The van der Waals surface area contributed by atoms with E-state index in [-0.39, 0.29) is 11.8 Å². The minimum Gasteiger partial charge on any atom is -0.355 e. The summed E-state index contributed by atoms with van der Waals surface area (Å²) in [5.74, 6) is 1.52. The van der Waals surface area contributed by atoms with Crippen LogP contribution in [-0.4, -0.2) is 39.0 Å². The number of hydrogen-bond acceptors (Lipinski definition) is 5. The Bertz CT molecular complexity index is 949. The number of aryl methyl sites for hydroxylation is 1. The molecule has 1 fully saturated rings. The number of halogens is 1. The molecule has 28 heavy (non-hydrogen) atoms. The summed E-state index contributed by atoms with van der Waals surface area (Å²) in [6.07, 6.45) is 5.08. The lowest BCUT2D eigenvalue weighted by atomic mass is 9.95. The highest BCUT2D eigenvalue weighted by atomic mass is 35.5. The zero-order chi connectivity index (χ0) is 19.5. The van der Waals surface area contributed by atoms with Crippen LogP contribution in [0, 0.1) is 12.8 Å². The van der Waals surface area contributed by atoms with Crippen molar-refractivity contribution in [3.8, 4) is 5.82 Å². The van der Waals surface area contributed by atoms with Crippen molar-refractivity contribution in [2.24, 2.45) is 5.92 Å². The highest BCUT2D eigenvalue weighted by Crippen LogP contribution is 2.25. The van der Waals surface area contributed by atoms with Gasteiger partial charge >= 0.3 is 0 Å².